The van der Waals surface area contributed by atoms with E-state index in [1.54, 1.807) is 19.1 Å². The van der Waals surface area contributed by atoms with E-state index in [9.17, 15) is 14.9 Å². The third-order valence-electron chi connectivity index (χ3n) is 3.44. The number of nitro benzene ring substituents is 1. The normalized spacial score (nSPS) is 11.0. The molecular weight excluding hydrogens is 322 g/mol. The van der Waals surface area contributed by atoms with Crippen LogP contribution < -0.4 is 10.2 Å². The second-order valence-corrected chi connectivity index (χ2v) is 5.29. The quantitative estimate of drug-likeness (QED) is 0.476. The van der Waals surface area contributed by atoms with E-state index in [2.05, 4.69) is 10.5 Å². The molecule has 0 saturated heterocycles. The minimum absolute atomic E-state index is 0.00600. The Morgan fingerprint density at radius 1 is 1.16 bits per heavy atom. The molecule has 7 heteroatoms. The maximum Gasteiger partial charge on any atom is 0.269 e. The van der Waals surface area contributed by atoms with Crippen molar-refractivity contribution >= 4 is 17.3 Å². The lowest BCUT2D eigenvalue weighted by atomic mass is 10.1. The van der Waals surface area contributed by atoms with E-state index >= 15 is 0 Å². The molecule has 0 spiro atoms. The molecule has 0 radical (unpaired) electrons. The lowest BCUT2D eigenvalue weighted by Crippen LogP contribution is -2.21. The molecule has 0 fully saturated rings. The number of hydrazone groups is 1. The third kappa shape index (κ3) is 5.42. The van der Waals surface area contributed by atoms with Crippen LogP contribution >= 0.6 is 0 Å². The summed E-state index contributed by atoms with van der Waals surface area (Å²) in [6, 6.07) is 13.3. The van der Waals surface area contributed by atoms with Crippen LogP contribution in [0.3, 0.4) is 0 Å². The van der Waals surface area contributed by atoms with E-state index < -0.39 is 4.92 Å². The Labute approximate surface area is 145 Å². The number of non-ortho nitro benzene ring substituents is 1. The number of nitrogens with one attached hydrogen (secondary N) is 1. The predicted molar refractivity (Wildman–Crippen MR) is 94.8 cm³/mol. The largest absolute Gasteiger partial charge is 0.494 e. The van der Waals surface area contributed by atoms with Gasteiger partial charge in [-0.25, -0.2) is 5.43 Å². The number of hydrogen-bond donors (Lipinski definition) is 1. The molecule has 0 atom stereocenters. The summed E-state index contributed by atoms with van der Waals surface area (Å²) in [5.41, 5.74) is 4.70. The Balaban J connectivity index is 1.93. The highest BCUT2D eigenvalue weighted by atomic mass is 16.6. The topological polar surface area (TPSA) is 93.8 Å². The summed E-state index contributed by atoms with van der Waals surface area (Å²) < 4.78 is 5.38. The molecule has 1 amide bonds. The molecule has 130 valence electrons. The average Bonchev–Trinajstić information content (AvgIpc) is 2.61. The van der Waals surface area contributed by atoms with Gasteiger partial charge >= 0.3 is 0 Å². The molecule has 0 heterocycles. The van der Waals surface area contributed by atoms with E-state index in [-0.39, 0.29) is 18.0 Å². The molecule has 0 aromatic heterocycles. The second-order valence-electron chi connectivity index (χ2n) is 5.29. The van der Waals surface area contributed by atoms with Gasteiger partial charge in [-0.05, 0) is 49.2 Å². The van der Waals surface area contributed by atoms with Gasteiger partial charge in [-0.2, -0.15) is 5.10 Å². The monoisotopic (exact) mass is 341 g/mol. The van der Waals surface area contributed by atoms with Gasteiger partial charge in [-0.15, -0.1) is 0 Å². The molecule has 0 aliphatic rings. The highest BCUT2D eigenvalue weighted by molar-refractivity contribution is 5.99. The molecule has 7 nitrogen and oxygen atoms in total. The van der Waals surface area contributed by atoms with Gasteiger partial charge < -0.3 is 4.74 Å². The van der Waals surface area contributed by atoms with E-state index in [4.69, 9.17) is 4.74 Å². The Bertz CT molecular complexity index is 768. The average molecular weight is 341 g/mol. The SMILES string of the molecule is CCOc1ccc(/C(C)=N/NC(=O)Cc2ccc([N+](=O)[O-])cc2)cc1. The van der Waals surface area contributed by atoms with Crippen molar-refractivity contribution < 1.29 is 14.5 Å². The van der Waals surface area contributed by atoms with Crippen LogP contribution in [0.5, 0.6) is 5.75 Å². The summed E-state index contributed by atoms with van der Waals surface area (Å²) in [6.07, 6.45) is 0.0953. The van der Waals surface area contributed by atoms with Crippen LogP contribution in [0.15, 0.2) is 53.6 Å². The standard InChI is InChI=1S/C18H19N3O4/c1-3-25-17-10-6-15(7-11-17)13(2)19-20-18(22)12-14-4-8-16(9-5-14)21(23)24/h4-11H,3,12H2,1-2H3,(H,20,22)/b19-13+. The van der Waals surface area contributed by atoms with Crippen LogP contribution in [0.4, 0.5) is 5.69 Å². The van der Waals surface area contributed by atoms with E-state index in [0.717, 1.165) is 11.3 Å². The van der Waals surface area contributed by atoms with E-state index in [0.29, 0.717) is 17.9 Å². The van der Waals surface area contributed by atoms with Crippen LogP contribution in [-0.4, -0.2) is 23.1 Å². The van der Waals surface area contributed by atoms with Crippen molar-refractivity contribution in [1.82, 2.24) is 5.43 Å². The minimum atomic E-state index is -0.478. The van der Waals surface area contributed by atoms with Crippen molar-refractivity contribution in [3.05, 3.63) is 69.8 Å². The van der Waals surface area contributed by atoms with Crippen molar-refractivity contribution in [1.29, 1.82) is 0 Å². The van der Waals surface area contributed by atoms with E-state index in [1.165, 1.54) is 12.1 Å². The molecule has 0 bridgehead atoms. The van der Waals surface area contributed by atoms with E-state index in [1.807, 2.05) is 31.2 Å². The zero-order valence-corrected chi connectivity index (χ0v) is 14.1. The third-order valence-corrected chi connectivity index (χ3v) is 3.44. The number of nitro groups is 1. The summed E-state index contributed by atoms with van der Waals surface area (Å²) in [5, 5.41) is 14.7. The molecule has 25 heavy (non-hydrogen) atoms. The smallest absolute Gasteiger partial charge is 0.269 e. The van der Waals surface area contributed by atoms with Gasteiger partial charge in [0.25, 0.3) is 5.69 Å². The van der Waals surface area contributed by atoms with Crippen molar-refractivity contribution in [2.45, 2.75) is 20.3 Å². The highest BCUT2D eigenvalue weighted by Crippen LogP contribution is 2.13. The van der Waals surface area contributed by atoms with Crippen LogP contribution in [0.25, 0.3) is 0 Å². The lowest BCUT2D eigenvalue weighted by Gasteiger charge is -2.05. The Morgan fingerprint density at radius 2 is 1.80 bits per heavy atom. The fourth-order valence-electron chi connectivity index (χ4n) is 2.13. The fourth-order valence-corrected chi connectivity index (χ4v) is 2.13. The molecule has 2 aromatic carbocycles. The first kappa shape index (κ1) is 18.1. The second kappa shape index (κ2) is 8.58. The lowest BCUT2D eigenvalue weighted by molar-refractivity contribution is -0.384. The number of rotatable bonds is 7. The zero-order valence-electron chi connectivity index (χ0n) is 14.1. The summed E-state index contributed by atoms with van der Waals surface area (Å²) in [7, 11) is 0. The molecule has 2 aromatic rings. The molecule has 1 N–H and O–H groups in total. The first-order valence-electron chi connectivity index (χ1n) is 7.79. The fraction of sp³-hybridized carbons (Fsp3) is 0.222. The Hall–Kier alpha value is -3.22. The van der Waals surface area contributed by atoms with Crippen LogP contribution in [0, 0.1) is 10.1 Å². The van der Waals surface area contributed by atoms with Crippen molar-refractivity contribution in [2.75, 3.05) is 6.61 Å². The molecule has 0 unspecified atom stereocenters. The van der Waals surface area contributed by atoms with Crippen LogP contribution in [0.1, 0.15) is 25.0 Å². The summed E-state index contributed by atoms with van der Waals surface area (Å²) >= 11 is 0. The predicted octanol–water partition coefficient (Wildman–Crippen LogP) is 3.08. The Kier molecular flexibility index (Phi) is 6.22. The van der Waals surface area contributed by atoms with Gasteiger partial charge in [0, 0.05) is 12.1 Å². The van der Waals surface area contributed by atoms with Gasteiger partial charge in [0.15, 0.2) is 0 Å². The summed E-state index contributed by atoms with van der Waals surface area (Å²) in [4.78, 5) is 22.1. The van der Waals surface area contributed by atoms with Crippen LogP contribution in [-0.2, 0) is 11.2 Å². The van der Waals surface area contributed by atoms with Crippen LogP contribution in [0.2, 0.25) is 0 Å². The van der Waals surface area contributed by atoms with Gasteiger partial charge in [0.05, 0.1) is 23.7 Å². The molecule has 0 saturated carbocycles. The number of amides is 1. The van der Waals surface area contributed by atoms with Crippen molar-refractivity contribution in [3.63, 3.8) is 0 Å². The maximum atomic E-state index is 11.9. The first-order valence-corrected chi connectivity index (χ1v) is 7.79. The van der Waals surface area contributed by atoms with Gasteiger partial charge in [0.2, 0.25) is 5.91 Å². The molecule has 0 aliphatic heterocycles. The summed E-state index contributed by atoms with van der Waals surface area (Å²) in [5.74, 6) is 0.486. The Morgan fingerprint density at radius 3 is 2.36 bits per heavy atom. The van der Waals surface area contributed by atoms with Gasteiger partial charge in [-0.3, -0.25) is 14.9 Å². The maximum absolute atomic E-state index is 11.9. The minimum Gasteiger partial charge on any atom is -0.494 e. The number of carbonyl (C=O) groups is 1. The molecule has 0 aliphatic carbocycles. The van der Waals surface area contributed by atoms with Crippen molar-refractivity contribution in [3.8, 4) is 5.75 Å². The zero-order chi connectivity index (χ0) is 18.2. The number of benzene rings is 2. The number of carbonyl (C=O) groups excluding carboxylic acids is 1. The number of ether oxygens (including phenoxy) is 1. The number of hydrogen-bond acceptors (Lipinski definition) is 5. The molecule has 2 rings (SSSR count). The van der Waals surface area contributed by atoms with Gasteiger partial charge in [0.1, 0.15) is 5.75 Å². The number of nitrogens with zero attached hydrogens (tertiary/aromatic N) is 2. The summed E-state index contributed by atoms with van der Waals surface area (Å²) in [6.45, 7) is 4.31. The van der Waals surface area contributed by atoms with Gasteiger partial charge in [-0.1, -0.05) is 12.1 Å². The van der Waals surface area contributed by atoms with Crippen molar-refractivity contribution in [2.24, 2.45) is 5.10 Å². The highest BCUT2D eigenvalue weighted by Gasteiger charge is 2.07. The molecular formula is C18H19N3O4. The first-order chi connectivity index (χ1) is 12.0.